The summed E-state index contributed by atoms with van der Waals surface area (Å²) in [7, 11) is 0. The molecule has 4 heteroatoms. The van der Waals surface area contributed by atoms with Gasteiger partial charge in [-0.1, -0.05) is 98.8 Å². The zero-order valence-electron chi connectivity index (χ0n) is 27.7. The molecule has 11 rings (SSSR count). The second-order valence-electron chi connectivity index (χ2n) is 14.0. The van der Waals surface area contributed by atoms with Crippen LogP contribution in [0, 0.1) is 0 Å². The molecule has 0 saturated heterocycles. The summed E-state index contributed by atoms with van der Waals surface area (Å²) in [6.07, 6.45) is 0. The Bertz CT molecular complexity index is 2950. The summed E-state index contributed by atoms with van der Waals surface area (Å²) in [5.41, 5.74) is 14.8. The first-order valence-electron chi connectivity index (χ1n) is 17.2. The maximum absolute atomic E-state index is 6.71. The molecule has 3 aromatic heterocycles. The minimum absolute atomic E-state index is 0.100. The maximum atomic E-state index is 6.71. The molecule has 7 aromatic carbocycles. The molecule has 10 aromatic rings. The van der Waals surface area contributed by atoms with Crippen molar-refractivity contribution >= 4 is 66.3 Å². The van der Waals surface area contributed by atoms with Gasteiger partial charge in [0.15, 0.2) is 5.58 Å². The molecule has 0 saturated carbocycles. The highest BCUT2D eigenvalue weighted by molar-refractivity contribution is 6.30. The van der Waals surface area contributed by atoms with Crippen LogP contribution in [-0.2, 0) is 5.41 Å². The zero-order valence-corrected chi connectivity index (χ0v) is 27.7. The lowest BCUT2D eigenvalue weighted by atomic mass is 9.82. The standard InChI is InChI=1S/C46H31N3O/c1-46(2)37-19-11-9-17-32(37)33-23-21-31(26-38(33)46)48(29-15-7-4-8-16-29)30-22-24-41-36(25-30)42-43-35(34-18-10-12-20-40(34)49(41)43)27-39-44(42)50-45(47-39)28-13-5-3-6-14-28/h3-27H,1-2H3. The number of oxazole rings is 1. The van der Waals surface area contributed by atoms with Gasteiger partial charge in [-0.15, -0.1) is 0 Å². The van der Waals surface area contributed by atoms with Gasteiger partial charge in [0.25, 0.3) is 0 Å². The number of anilines is 3. The third-order valence-electron chi connectivity index (χ3n) is 10.9. The molecule has 50 heavy (non-hydrogen) atoms. The molecule has 0 fully saturated rings. The Labute approximate surface area is 288 Å². The number of benzene rings is 7. The van der Waals surface area contributed by atoms with Gasteiger partial charge in [0, 0.05) is 44.2 Å². The van der Waals surface area contributed by atoms with Crippen LogP contribution >= 0.6 is 0 Å². The van der Waals surface area contributed by atoms with Crippen LogP contribution in [0.4, 0.5) is 17.1 Å². The van der Waals surface area contributed by atoms with Crippen LogP contribution < -0.4 is 4.90 Å². The first-order chi connectivity index (χ1) is 24.6. The number of fused-ring (bicyclic) bond motifs is 11. The van der Waals surface area contributed by atoms with Crippen LogP contribution in [0.15, 0.2) is 156 Å². The highest BCUT2D eigenvalue weighted by Crippen LogP contribution is 2.51. The first kappa shape index (κ1) is 27.5. The fraction of sp³-hybridized carbons (Fsp3) is 0.0652. The highest BCUT2D eigenvalue weighted by Gasteiger charge is 2.36. The van der Waals surface area contributed by atoms with Gasteiger partial charge >= 0.3 is 0 Å². The van der Waals surface area contributed by atoms with Crippen molar-refractivity contribution < 1.29 is 4.42 Å². The Balaban J connectivity index is 1.19. The van der Waals surface area contributed by atoms with Crippen molar-refractivity contribution in [3.05, 3.63) is 163 Å². The van der Waals surface area contributed by atoms with Crippen LogP contribution in [-0.4, -0.2) is 9.38 Å². The van der Waals surface area contributed by atoms with Crippen LogP contribution in [0.5, 0.6) is 0 Å². The van der Waals surface area contributed by atoms with Gasteiger partial charge in [0.05, 0.1) is 21.9 Å². The van der Waals surface area contributed by atoms with E-state index in [1.807, 2.05) is 18.2 Å². The van der Waals surface area contributed by atoms with E-state index in [9.17, 15) is 0 Å². The minimum Gasteiger partial charge on any atom is -0.435 e. The van der Waals surface area contributed by atoms with Gasteiger partial charge in [-0.25, -0.2) is 4.98 Å². The molecule has 4 nitrogen and oxygen atoms in total. The molecule has 1 aliphatic carbocycles. The summed E-state index contributed by atoms with van der Waals surface area (Å²) in [5.74, 6) is 0.637. The van der Waals surface area contributed by atoms with Crippen LogP contribution in [0.1, 0.15) is 25.0 Å². The Hall–Kier alpha value is -6.39. The number of para-hydroxylation sites is 2. The summed E-state index contributed by atoms with van der Waals surface area (Å²) < 4.78 is 9.11. The maximum Gasteiger partial charge on any atom is 0.227 e. The van der Waals surface area contributed by atoms with E-state index in [4.69, 9.17) is 9.40 Å². The lowest BCUT2D eigenvalue weighted by Crippen LogP contribution is -2.16. The smallest absolute Gasteiger partial charge is 0.227 e. The summed E-state index contributed by atoms with van der Waals surface area (Å²) in [4.78, 5) is 7.44. The summed E-state index contributed by atoms with van der Waals surface area (Å²) >= 11 is 0. The van der Waals surface area contributed by atoms with Gasteiger partial charge < -0.3 is 13.7 Å². The quantitative estimate of drug-likeness (QED) is 0.192. The Morgan fingerprint density at radius 2 is 1.24 bits per heavy atom. The van der Waals surface area contributed by atoms with E-state index in [1.165, 1.54) is 44.1 Å². The summed E-state index contributed by atoms with van der Waals surface area (Å²) in [6.45, 7) is 4.69. The predicted octanol–water partition coefficient (Wildman–Crippen LogP) is 12.4. The molecule has 0 spiro atoms. The molecule has 3 heterocycles. The SMILES string of the molecule is CC1(C)c2ccccc2-c2ccc(N(c3ccccc3)c3ccc4c(c3)c3c5oc(-c6ccccc6)nc5cc5c6ccccc6n4c53)cc21. The Morgan fingerprint density at radius 1 is 0.560 bits per heavy atom. The normalized spacial score (nSPS) is 13.6. The molecule has 0 N–H and O–H groups in total. The predicted molar refractivity (Wildman–Crippen MR) is 206 cm³/mol. The van der Waals surface area contributed by atoms with Gasteiger partial charge in [-0.05, 0) is 89.0 Å². The lowest BCUT2D eigenvalue weighted by molar-refractivity contribution is 0.623. The molecule has 236 valence electrons. The van der Waals surface area contributed by atoms with E-state index in [-0.39, 0.29) is 5.41 Å². The molecule has 0 aliphatic heterocycles. The average molecular weight is 642 g/mol. The fourth-order valence-electron chi connectivity index (χ4n) is 8.63. The van der Waals surface area contributed by atoms with E-state index < -0.39 is 0 Å². The molecule has 0 bridgehead atoms. The fourth-order valence-corrected chi connectivity index (χ4v) is 8.63. The van der Waals surface area contributed by atoms with Gasteiger partial charge in [0.1, 0.15) is 5.52 Å². The van der Waals surface area contributed by atoms with Gasteiger partial charge in [-0.2, -0.15) is 0 Å². The minimum atomic E-state index is -0.100. The van der Waals surface area contributed by atoms with Crippen molar-refractivity contribution in [2.75, 3.05) is 4.90 Å². The monoisotopic (exact) mass is 641 g/mol. The average Bonchev–Trinajstić information content (AvgIpc) is 3.89. The molecular formula is C46H31N3O. The number of hydrogen-bond donors (Lipinski definition) is 0. The topological polar surface area (TPSA) is 33.7 Å². The Morgan fingerprint density at radius 3 is 2.10 bits per heavy atom. The van der Waals surface area contributed by atoms with E-state index >= 15 is 0 Å². The Kier molecular flexibility index (Phi) is 5.42. The largest absolute Gasteiger partial charge is 0.435 e. The number of rotatable bonds is 4. The van der Waals surface area contributed by atoms with Gasteiger partial charge in [0.2, 0.25) is 5.89 Å². The van der Waals surface area contributed by atoms with Gasteiger partial charge in [-0.3, -0.25) is 0 Å². The number of hydrogen-bond acceptors (Lipinski definition) is 3. The van der Waals surface area contributed by atoms with E-state index in [0.29, 0.717) is 5.89 Å². The van der Waals surface area contributed by atoms with E-state index in [2.05, 4.69) is 157 Å². The van der Waals surface area contributed by atoms with Crippen LogP contribution in [0.2, 0.25) is 0 Å². The zero-order chi connectivity index (χ0) is 33.1. The van der Waals surface area contributed by atoms with Crippen molar-refractivity contribution in [2.24, 2.45) is 0 Å². The second kappa shape index (κ2) is 9.83. The van der Waals surface area contributed by atoms with E-state index in [1.54, 1.807) is 0 Å². The molecule has 0 unspecified atom stereocenters. The summed E-state index contributed by atoms with van der Waals surface area (Å²) in [6, 6.07) is 54.5. The molecule has 0 amide bonds. The van der Waals surface area contributed by atoms with Crippen molar-refractivity contribution in [1.82, 2.24) is 9.38 Å². The van der Waals surface area contributed by atoms with Crippen LogP contribution in [0.25, 0.3) is 71.8 Å². The molecule has 1 aliphatic rings. The third kappa shape index (κ3) is 3.62. The number of nitrogens with zero attached hydrogens (tertiary/aromatic N) is 3. The molecule has 0 radical (unpaired) electrons. The van der Waals surface area contributed by atoms with Crippen molar-refractivity contribution in [3.63, 3.8) is 0 Å². The molecular weight excluding hydrogens is 611 g/mol. The van der Waals surface area contributed by atoms with Crippen LogP contribution in [0.3, 0.4) is 0 Å². The first-order valence-corrected chi connectivity index (χ1v) is 17.2. The third-order valence-corrected chi connectivity index (χ3v) is 10.9. The second-order valence-corrected chi connectivity index (χ2v) is 14.0. The van der Waals surface area contributed by atoms with Crippen molar-refractivity contribution in [2.45, 2.75) is 19.3 Å². The van der Waals surface area contributed by atoms with E-state index in [0.717, 1.165) is 50.0 Å². The summed E-state index contributed by atoms with van der Waals surface area (Å²) in [5, 5.41) is 4.65. The lowest BCUT2D eigenvalue weighted by Gasteiger charge is -2.28. The highest BCUT2D eigenvalue weighted by atomic mass is 16.3. The molecule has 0 atom stereocenters. The van der Waals surface area contributed by atoms with Crippen molar-refractivity contribution in [3.8, 4) is 22.6 Å². The van der Waals surface area contributed by atoms with Crippen molar-refractivity contribution in [1.29, 1.82) is 0 Å². The number of aromatic nitrogens is 2.